The Balaban J connectivity index is 4.48. The minimum atomic E-state index is -2.58. The van der Waals surface area contributed by atoms with Crippen LogP contribution in [0.5, 0.6) is 0 Å². The fourth-order valence-corrected chi connectivity index (χ4v) is 17.1. The van der Waals surface area contributed by atoms with Crippen LogP contribution in [0.1, 0.15) is 34.1 Å². The van der Waals surface area contributed by atoms with E-state index in [9.17, 15) is 0 Å². The summed E-state index contributed by atoms with van der Waals surface area (Å²) in [6, 6.07) is 0. The molecule has 106 valence electrons. The van der Waals surface area contributed by atoms with Gasteiger partial charge in [-0.05, 0) is 37.0 Å². The Morgan fingerprint density at radius 1 is 1.00 bits per heavy atom. The summed E-state index contributed by atoms with van der Waals surface area (Å²) >= 11 is 4.68. The van der Waals surface area contributed by atoms with Gasteiger partial charge < -0.3 is 13.3 Å². The third-order valence-corrected chi connectivity index (χ3v) is 18.9. The summed E-state index contributed by atoms with van der Waals surface area (Å²) in [5, 5.41) is 0. The minimum absolute atomic E-state index is 0.616. The highest BCUT2D eigenvalue weighted by Crippen LogP contribution is 2.59. The van der Waals surface area contributed by atoms with Crippen molar-refractivity contribution < 1.29 is 13.3 Å². The summed E-state index contributed by atoms with van der Waals surface area (Å²) in [4.78, 5) is 0. The zero-order valence-electron chi connectivity index (χ0n) is 11.0. The molecule has 0 amide bonds. The summed E-state index contributed by atoms with van der Waals surface area (Å²) < 4.78 is 17.4. The van der Waals surface area contributed by atoms with Crippen molar-refractivity contribution in [3.8, 4) is 0 Å². The summed E-state index contributed by atoms with van der Waals surface area (Å²) in [5.41, 5.74) is 0. The van der Waals surface area contributed by atoms with Gasteiger partial charge in [0.1, 0.15) is 0 Å². The second-order valence-electron chi connectivity index (χ2n) is 2.99. The van der Waals surface area contributed by atoms with Gasteiger partial charge in [0.2, 0.25) is 0 Å². The van der Waals surface area contributed by atoms with Crippen LogP contribution in [0, 0.1) is 0 Å². The van der Waals surface area contributed by atoms with Gasteiger partial charge in [-0.3, -0.25) is 0 Å². The quantitative estimate of drug-likeness (QED) is 0.257. The second kappa shape index (κ2) is 11.3. The molecular weight excluding hydrogens is 312 g/mol. The zero-order valence-corrected chi connectivity index (χ0v) is 15.4. The molecule has 0 spiro atoms. The predicted molar refractivity (Wildman–Crippen MR) is 88.9 cm³/mol. The molecule has 0 aromatic carbocycles. The van der Waals surface area contributed by atoms with Crippen molar-refractivity contribution in [2.75, 3.05) is 25.6 Å². The van der Waals surface area contributed by atoms with Gasteiger partial charge in [0, 0.05) is 25.6 Å². The number of rotatable bonds is 11. The maximum absolute atomic E-state index is 5.82. The van der Waals surface area contributed by atoms with E-state index in [1.807, 2.05) is 31.6 Å². The van der Waals surface area contributed by atoms with E-state index < -0.39 is 16.4 Å². The lowest BCUT2D eigenvalue weighted by atomic mass is 10.6. The Hall–Kier alpha value is 1.50. The smallest absolute Gasteiger partial charge is 0.366 e. The van der Waals surface area contributed by atoms with Gasteiger partial charge in [-0.2, -0.15) is 0 Å². The molecule has 0 aliphatic heterocycles. The first-order chi connectivity index (χ1) is 8.16. The number of hydrogen-bond donors (Lipinski definition) is 2. The molecule has 1 unspecified atom stereocenters. The first-order valence-corrected chi connectivity index (χ1v) is 13.9. The Morgan fingerprint density at radius 3 is 1.82 bits per heavy atom. The Kier molecular flexibility index (Phi) is 12.3. The van der Waals surface area contributed by atoms with Crippen LogP contribution in [0.4, 0.5) is 0 Å². The molecule has 0 saturated carbocycles. The molecule has 3 nitrogen and oxygen atoms in total. The fraction of sp³-hybridized carbons (Fsp3) is 1.00. The van der Waals surface area contributed by atoms with Crippen LogP contribution < -0.4 is 0 Å². The topological polar surface area (TPSA) is 27.7 Å². The third-order valence-electron chi connectivity index (χ3n) is 1.63. The second-order valence-corrected chi connectivity index (χ2v) is 16.9. The molecule has 0 saturated heterocycles. The van der Waals surface area contributed by atoms with Gasteiger partial charge in [0.05, 0.1) is 0 Å². The van der Waals surface area contributed by atoms with E-state index in [0.717, 1.165) is 5.75 Å². The molecule has 0 fully saturated rings. The van der Waals surface area contributed by atoms with E-state index in [0.29, 0.717) is 19.8 Å². The molecule has 17 heavy (non-hydrogen) atoms. The summed E-state index contributed by atoms with van der Waals surface area (Å²) in [7, 11) is 0.301. The third kappa shape index (κ3) is 7.00. The first-order valence-electron chi connectivity index (χ1n) is 5.87. The Morgan fingerprint density at radius 2 is 1.47 bits per heavy atom. The molecule has 0 rings (SSSR count). The summed E-state index contributed by atoms with van der Waals surface area (Å²) in [5.74, 6) is 1.12. The Bertz CT molecular complexity index is 171. The van der Waals surface area contributed by atoms with Crippen molar-refractivity contribution in [3.63, 3.8) is 0 Å². The number of hydrogen-bond acceptors (Lipinski definition) is 6. The molecule has 0 aliphatic rings. The molecule has 0 aromatic rings. The van der Waals surface area contributed by atoms with E-state index in [-0.39, 0.29) is 0 Å². The average Bonchev–Trinajstić information content (AvgIpc) is 2.30. The molecule has 0 heterocycles. The van der Waals surface area contributed by atoms with Crippen LogP contribution in [0.15, 0.2) is 0 Å². The molecule has 0 aromatic heterocycles. The largest absolute Gasteiger partial charge is 0.572 e. The van der Waals surface area contributed by atoms with E-state index >= 15 is 0 Å². The van der Waals surface area contributed by atoms with Crippen molar-refractivity contribution in [2.45, 2.75) is 34.1 Å². The van der Waals surface area contributed by atoms with Crippen molar-refractivity contribution >= 4 is 48.6 Å². The molecule has 0 radical (unpaired) electrons. The average molecular weight is 337 g/mol. The molecule has 1 atom stereocenters. The fourth-order valence-electron chi connectivity index (χ4n) is 1.05. The summed E-state index contributed by atoms with van der Waals surface area (Å²) in [6.07, 6.45) is 1.17. The van der Waals surface area contributed by atoms with Gasteiger partial charge >= 0.3 is 7.95 Å². The first kappa shape index (κ1) is 18.5. The molecule has 0 N–H and O–H groups in total. The minimum Gasteiger partial charge on any atom is -0.366 e. The normalized spacial score (nSPS) is 15.0. The molecule has 0 bridgehead atoms. The zero-order chi connectivity index (χ0) is 13.1. The highest BCUT2D eigenvalue weighted by atomic mass is 33.8. The lowest BCUT2D eigenvalue weighted by Gasteiger charge is -2.33. The lowest BCUT2D eigenvalue weighted by molar-refractivity contribution is 0.0969. The van der Waals surface area contributed by atoms with Crippen molar-refractivity contribution in [1.29, 1.82) is 0 Å². The SMILES string of the molecule is CCCSS[SH](S)[Si](OCC)(OCC)OCC. The monoisotopic (exact) mass is 336 g/mol. The van der Waals surface area contributed by atoms with Crippen molar-refractivity contribution in [1.82, 2.24) is 0 Å². The molecule has 8 heteroatoms. The van der Waals surface area contributed by atoms with Gasteiger partial charge in [-0.25, -0.2) is 0 Å². The van der Waals surface area contributed by atoms with E-state index in [1.165, 1.54) is 6.42 Å². The number of thiol groups is 2. The van der Waals surface area contributed by atoms with Crippen LogP contribution in [0.3, 0.4) is 0 Å². The van der Waals surface area contributed by atoms with Crippen LogP contribution in [-0.2, 0) is 13.3 Å². The van der Waals surface area contributed by atoms with E-state index in [2.05, 4.69) is 18.6 Å². The summed E-state index contributed by atoms with van der Waals surface area (Å²) in [6.45, 7) is 9.94. The van der Waals surface area contributed by atoms with Gasteiger partial charge in [0.15, 0.2) is 0 Å². The molecule has 0 aliphatic carbocycles. The predicted octanol–water partition coefficient (Wildman–Crippen LogP) is 4.08. The van der Waals surface area contributed by atoms with Gasteiger partial charge in [-0.1, -0.05) is 26.1 Å². The molecular formula is C9H24O3S4Si. The standard InChI is InChI=1S/C9H24O3S4Si/c1-5-9-14-15-16(13)17(10-6-2,11-7-3)12-8-4/h13,16H,5-9H2,1-4H3. The Labute approximate surface area is 121 Å². The van der Waals surface area contributed by atoms with Gasteiger partial charge in [-0.15, -0.1) is 11.7 Å². The van der Waals surface area contributed by atoms with Crippen LogP contribution in [0.2, 0.25) is 0 Å². The highest BCUT2D eigenvalue weighted by Gasteiger charge is 2.47. The van der Waals surface area contributed by atoms with Crippen molar-refractivity contribution in [2.24, 2.45) is 0 Å². The lowest BCUT2D eigenvalue weighted by Crippen LogP contribution is -2.44. The maximum atomic E-state index is 5.82. The van der Waals surface area contributed by atoms with E-state index in [4.69, 9.17) is 13.3 Å². The van der Waals surface area contributed by atoms with Crippen LogP contribution in [-0.4, -0.2) is 33.5 Å². The van der Waals surface area contributed by atoms with Crippen LogP contribution in [0.25, 0.3) is 0 Å². The van der Waals surface area contributed by atoms with Crippen LogP contribution >= 0.6 is 40.7 Å². The van der Waals surface area contributed by atoms with Gasteiger partial charge in [0.25, 0.3) is 0 Å². The van der Waals surface area contributed by atoms with Crippen molar-refractivity contribution in [3.05, 3.63) is 0 Å². The van der Waals surface area contributed by atoms with E-state index in [1.54, 1.807) is 9.83 Å². The maximum Gasteiger partial charge on any atom is 0.572 e. The highest BCUT2D eigenvalue weighted by molar-refractivity contribution is 9.35.